The predicted octanol–water partition coefficient (Wildman–Crippen LogP) is 1.47. The molecular weight excluding hydrogens is 148 g/mol. The van der Waals surface area contributed by atoms with Gasteiger partial charge in [-0.05, 0) is 5.92 Å². The summed E-state index contributed by atoms with van der Waals surface area (Å²) in [6.07, 6.45) is 3.36. The Hall–Kier alpha value is -0.0500. The summed E-state index contributed by atoms with van der Waals surface area (Å²) in [4.78, 5) is 0. The minimum absolute atomic E-state index is 0.319. The molecular formula is C7H16O2S. The summed E-state index contributed by atoms with van der Waals surface area (Å²) in [7, 11) is -2.75. The van der Waals surface area contributed by atoms with Crippen LogP contribution in [0.1, 0.15) is 26.7 Å². The van der Waals surface area contributed by atoms with Gasteiger partial charge in [-0.25, -0.2) is 8.42 Å². The second kappa shape index (κ2) is 3.96. The van der Waals surface area contributed by atoms with Crippen molar-refractivity contribution in [1.29, 1.82) is 0 Å². The summed E-state index contributed by atoms with van der Waals surface area (Å²) in [5, 5.41) is 0. The predicted molar refractivity (Wildman–Crippen MR) is 43.8 cm³/mol. The summed E-state index contributed by atoms with van der Waals surface area (Å²) < 4.78 is 21.4. The summed E-state index contributed by atoms with van der Waals surface area (Å²) in [5.74, 6) is 0.654. The molecule has 0 aliphatic carbocycles. The Bertz CT molecular complexity index is 170. The highest BCUT2D eigenvalue weighted by Crippen LogP contribution is 2.06. The molecule has 0 radical (unpaired) electrons. The van der Waals surface area contributed by atoms with Crippen LogP contribution in [0.15, 0.2) is 0 Å². The van der Waals surface area contributed by atoms with Gasteiger partial charge in [-0.1, -0.05) is 26.7 Å². The highest BCUT2D eigenvalue weighted by molar-refractivity contribution is 7.90. The molecule has 0 saturated heterocycles. The van der Waals surface area contributed by atoms with E-state index in [2.05, 4.69) is 6.92 Å². The first-order valence-corrected chi connectivity index (χ1v) is 5.69. The van der Waals surface area contributed by atoms with Gasteiger partial charge < -0.3 is 0 Å². The van der Waals surface area contributed by atoms with Crippen molar-refractivity contribution in [3.05, 3.63) is 0 Å². The Labute approximate surface area is 63.6 Å². The highest BCUT2D eigenvalue weighted by atomic mass is 32.2. The second-order valence-electron chi connectivity index (χ2n) is 2.99. The van der Waals surface area contributed by atoms with Crippen LogP contribution in [-0.4, -0.2) is 20.4 Å². The van der Waals surface area contributed by atoms with Gasteiger partial charge >= 0.3 is 0 Å². The molecule has 0 aromatic rings. The van der Waals surface area contributed by atoms with E-state index in [1.54, 1.807) is 0 Å². The zero-order valence-corrected chi connectivity index (χ0v) is 7.74. The molecule has 0 bridgehead atoms. The van der Waals surface area contributed by atoms with E-state index in [1.165, 1.54) is 6.26 Å². The molecule has 62 valence electrons. The van der Waals surface area contributed by atoms with Crippen molar-refractivity contribution in [1.82, 2.24) is 0 Å². The van der Waals surface area contributed by atoms with Crippen molar-refractivity contribution in [2.24, 2.45) is 5.92 Å². The Morgan fingerprint density at radius 2 is 1.90 bits per heavy atom. The smallest absolute Gasteiger partial charge is 0.147 e. The zero-order valence-electron chi connectivity index (χ0n) is 6.92. The van der Waals surface area contributed by atoms with Gasteiger partial charge in [0.05, 0.1) is 5.75 Å². The standard InChI is InChI=1S/C7H16O2S/c1-4-5-7(2)6-10(3,8)9/h7H,4-6H2,1-3H3. The molecule has 1 unspecified atom stereocenters. The molecule has 0 N–H and O–H groups in total. The quantitative estimate of drug-likeness (QED) is 0.630. The van der Waals surface area contributed by atoms with Crippen LogP contribution in [-0.2, 0) is 9.84 Å². The molecule has 0 spiro atoms. The Kier molecular flexibility index (Phi) is 3.94. The van der Waals surface area contributed by atoms with Crippen LogP contribution in [0.4, 0.5) is 0 Å². The fourth-order valence-corrected chi connectivity index (χ4v) is 2.29. The third-order valence-corrected chi connectivity index (χ3v) is 2.54. The van der Waals surface area contributed by atoms with E-state index < -0.39 is 9.84 Å². The molecule has 0 rings (SSSR count). The van der Waals surface area contributed by atoms with E-state index in [4.69, 9.17) is 0 Å². The first-order valence-electron chi connectivity index (χ1n) is 3.63. The van der Waals surface area contributed by atoms with Gasteiger partial charge in [0.25, 0.3) is 0 Å². The Morgan fingerprint density at radius 3 is 2.20 bits per heavy atom. The first-order chi connectivity index (χ1) is 4.45. The number of hydrogen-bond acceptors (Lipinski definition) is 2. The highest BCUT2D eigenvalue weighted by Gasteiger charge is 2.08. The van der Waals surface area contributed by atoms with E-state index in [0.717, 1.165) is 12.8 Å². The minimum Gasteiger partial charge on any atom is -0.229 e. The summed E-state index contributed by atoms with van der Waals surface area (Å²) in [6.45, 7) is 4.04. The fraction of sp³-hybridized carbons (Fsp3) is 1.00. The van der Waals surface area contributed by atoms with Crippen molar-refractivity contribution in [2.45, 2.75) is 26.7 Å². The number of hydrogen-bond donors (Lipinski definition) is 0. The monoisotopic (exact) mass is 164 g/mol. The van der Waals surface area contributed by atoms with Gasteiger partial charge in [-0.2, -0.15) is 0 Å². The summed E-state index contributed by atoms with van der Waals surface area (Å²) in [6, 6.07) is 0. The zero-order chi connectivity index (χ0) is 8.20. The lowest BCUT2D eigenvalue weighted by molar-refractivity contribution is 0.549. The van der Waals surface area contributed by atoms with Crippen molar-refractivity contribution < 1.29 is 8.42 Å². The normalized spacial score (nSPS) is 15.1. The van der Waals surface area contributed by atoms with E-state index >= 15 is 0 Å². The molecule has 1 atom stereocenters. The van der Waals surface area contributed by atoms with E-state index in [-0.39, 0.29) is 0 Å². The SMILES string of the molecule is CCCC(C)CS(C)(=O)=O. The summed E-state index contributed by atoms with van der Waals surface area (Å²) in [5.41, 5.74) is 0. The maximum atomic E-state index is 10.7. The van der Waals surface area contributed by atoms with Gasteiger partial charge in [0.1, 0.15) is 9.84 Å². The van der Waals surface area contributed by atoms with Gasteiger partial charge in [0.15, 0.2) is 0 Å². The van der Waals surface area contributed by atoms with Crippen molar-refractivity contribution in [3.63, 3.8) is 0 Å². The molecule has 0 aliphatic heterocycles. The van der Waals surface area contributed by atoms with Crippen molar-refractivity contribution in [3.8, 4) is 0 Å². The van der Waals surface area contributed by atoms with Crippen LogP contribution in [0.25, 0.3) is 0 Å². The molecule has 3 heteroatoms. The molecule has 0 heterocycles. The van der Waals surface area contributed by atoms with E-state index in [0.29, 0.717) is 11.7 Å². The average Bonchev–Trinajstić information content (AvgIpc) is 1.59. The molecule has 0 aliphatic rings. The molecule has 0 aromatic heterocycles. The molecule has 0 saturated carbocycles. The molecule has 0 amide bonds. The van der Waals surface area contributed by atoms with Crippen LogP contribution in [0.5, 0.6) is 0 Å². The van der Waals surface area contributed by atoms with Crippen LogP contribution < -0.4 is 0 Å². The molecule has 0 aromatic carbocycles. The second-order valence-corrected chi connectivity index (χ2v) is 5.17. The molecule has 2 nitrogen and oxygen atoms in total. The average molecular weight is 164 g/mol. The molecule has 0 fully saturated rings. The largest absolute Gasteiger partial charge is 0.229 e. The maximum Gasteiger partial charge on any atom is 0.147 e. The van der Waals surface area contributed by atoms with Crippen LogP contribution >= 0.6 is 0 Å². The van der Waals surface area contributed by atoms with E-state index in [1.807, 2.05) is 6.92 Å². The molecule has 10 heavy (non-hydrogen) atoms. The lowest BCUT2D eigenvalue weighted by Gasteiger charge is -2.06. The number of rotatable bonds is 4. The van der Waals surface area contributed by atoms with Crippen LogP contribution in [0, 0.1) is 5.92 Å². The fourth-order valence-electron chi connectivity index (χ4n) is 1.09. The Balaban J connectivity index is 3.69. The van der Waals surface area contributed by atoms with Crippen LogP contribution in [0.3, 0.4) is 0 Å². The number of sulfone groups is 1. The lowest BCUT2D eigenvalue weighted by Crippen LogP contribution is -2.11. The van der Waals surface area contributed by atoms with Gasteiger partial charge in [-0.3, -0.25) is 0 Å². The van der Waals surface area contributed by atoms with Crippen molar-refractivity contribution >= 4 is 9.84 Å². The topological polar surface area (TPSA) is 34.1 Å². The van der Waals surface area contributed by atoms with Crippen LogP contribution in [0.2, 0.25) is 0 Å². The third-order valence-electron chi connectivity index (χ3n) is 1.37. The Morgan fingerprint density at radius 1 is 1.40 bits per heavy atom. The third kappa shape index (κ3) is 6.08. The van der Waals surface area contributed by atoms with Crippen molar-refractivity contribution in [2.75, 3.05) is 12.0 Å². The first kappa shape index (κ1) is 9.95. The minimum atomic E-state index is -2.75. The maximum absolute atomic E-state index is 10.7. The lowest BCUT2D eigenvalue weighted by atomic mass is 10.1. The van der Waals surface area contributed by atoms with Gasteiger partial charge in [0, 0.05) is 6.26 Å². The van der Waals surface area contributed by atoms with E-state index in [9.17, 15) is 8.42 Å². The summed E-state index contributed by atoms with van der Waals surface area (Å²) >= 11 is 0. The van der Waals surface area contributed by atoms with Gasteiger partial charge in [-0.15, -0.1) is 0 Å². The van der Waals surface area contributed by atoms with Gasteiger partial charge in [0.2, 0.25) is 0 Å².